The molecule has 1 aromatic heterocycles. The number of amides is 1. The van der Waals surface area contributed by atoms with Gasteiger partial charge in [0, 0.05) is 18.5 Å². The highest BCUT2D eigenvalue weighted by atomic mass is 16.5. The van der Waals surface area contributed by atoms with Crippen LogP contribution in [0.25, 0.3) is 11.0 Å². The largest absolute Gasteiger partial charge is 0.491 e. The van der Waals surface area contributed by atoms with E-state index in [1.54, 1.807) is 0 Å². The Bertz CT molecular complexity index is 1240. The van der Waals surface area contributed by atoms with Crippen LogP contribution < -0.4 is 10.1 Å². The molecule has 1 heterocycles. The number of para-hydroxylation sites is 3. The van der Waals surface area contributed by atoms with Crippen LogP contribution in [0.1, 0.15) is 53.5 Å². The van der Waals surface area contributed by atoms with Crippen LogP contribution in [-0.4, -0.2) is 28.6 Å². The quantitative estimate of drug-likeness (QED) is 0.303. The van der Waals surface area contributed by atoms with Gasteiger partial charge < -0.3 is 14.6 Å². The predicted molar refractivity (Wildman–Crippen MR) is 138 cm³/mol. The fourth-order valence-electron chi connectivity index (χ4n) is 4.16. The third kappa shape index (κ3) is 5.66. The fraction of sp³-hybridized carbons (Fsp3) is 0.310. The number of hydrogen-bond acceptors (Lipinski definition) is 3. The number of nitrogens with zero attached hydrogens (tertiary/aromatic N) is 2. The molecule has 1 amide bonds. The molecule has 0 aliphatic carbocycles. The molecule has 4 aromatic rings. The van der Waals surface area contributed by atoms with Crippen molar-refractivity contribution in [1.29, 1.82) is 0 Å². The molecule has 0 fully saturated rings. The Balaban J connectivity index is 1.38. The molecule has 0 bridgehead atoms. The molecule has 0 radical (unpaired) electrons. The Morgan fingerprint density at radius 3 is 2.53 bits per heavy atom. The summed E-state index contributed by atoms with van der Waals surface area (Å²) in [4.78, 5) is 17.2. The number of imidazole rings is 1. The predicted octanol–water partition coefficient (Wildman–Crippen LogP) is 5.91. The van der Waals surface area contributed by atoms with Gasteiger partial charge >= 0.3 is 0 Å². The van der Waals surface area contributed by atoms with Crippen LogP contribution >= 0.6 is 0 Å². The van der Waals surface area contributed by atoms with Gasteiger partial charge in [0.15, 0.2) is 0 Å². The van der Waals surface area contributed by atoms with Gasteiger partial charge in [0.2, 0.25) is 0 Å². The van der Waals surface area contributed by atoms with Gasteiger partial charge in [0.1, 0.15) is 18.2 Å². The van der Waals surface area contributed by atoms with Crippen molar-refractivity contribution in [2.45, 2.75) is 46.1 Å². The third-order valence-electron chi connectivity index (χ3n) is 6.02. The lowest BCUT2D eigenvalue weighted by molar-refractivity contribution is 0.0953. The van der Waals surface area contributed by atoms with Crippen LogP contribution in [0.3, 0.4) is 0 Å². The maximum Gasteiger partial charge on any atom is 0.251 e. The molecule has 0 aliphatic heterocycles. The number of carbonyl (C=O) groups is 1. The second-order valence-electron chi connectivity index (χ2n) is 8.93. The molecule has 0 aliphatic rings. The molecular weight excluding hydrogens is 422 g/mol. The van der Waals surface area contributed by atoms with Crippen molar-refractivity contribution in [2.24, 2.45) is 0 Å². The van der Waals surface area contributed by atoms with E-state index in [2.05, 4.69) is 41.9 Å². The van der Waals surface area contributed by atoms with E-state index in [1.807, 2.05) is 61.5 Å². The molecule has 0 spiro atoms. The Kier molecular flexibility index (Phi) is 7.63. The van der Waals surface area contributed by atoms with E-state index in [1.165, 1.54) is 5.56 Å². The number of aryl methyl sites for hydroxylation is 2. The fourth-order valence-corrected chi connectivity index (χ4v) is 4.16. The van der Waals surface area contributed by atoms with E-state index in [0.717, 1.165) is 47.6 Å². The maximum atomic E-state index is 12.4. The number of aromatic nitrogens is 2. The average molecular weight is 456 g/mol. The van der Waals surface area contributed by atoms with Crippen LogP contribution in [0.4, 0.5) is 0 Å². The van der Waals surface area contributed by atoms with E-state index in [-0.39, 0.29) is 5.91 Å². The number of fused-ring (bicyclic) bond motifs is 1. The van der Waals surface area contributed by atoms with Crippen molar-refractivity contribution in [3.8, 4) is 5.75 Å². The van der Waals surface area contributed by atoms with Gasteiger partial charge in [0.25, 0.3) is 5.91 Å². The summed E-state index contributed by atoms with van der Waals surface area (Å²) in [6.07, 6.45) is 1.60. The zero-order valence-corrected chi connectivity index (χ0v) is 20.3. The SMILES string of the molecule is Cc1ccc(C(=O)NCCCc2nc3ccccc3n2CCOc2ccccc2C(C)C)cc1. The van der Waals surface area contributed by atoms with Crippen LogP contribution in [0.2, 0.25) is 0 Å². The topological polar surface area (TPSA) is 56.2 Å². The first kappa shape index (κ1) is 23.6. The zero-order valence-electron chi connectivity index (χ0n) is 20.3. The monoisotopic (exact) mass is 455 g/mol. The van der Waals surface area contributed by atoms with E-state index >= 15 is 0 Å². The van der Waals surface area contributed by atoms with E-state index in [4.69, 9.17) is 9.72 Å². The Morgan fingerprint density at radius 2 is 1.74 bits per heavy atom. The second-order valence-corrected chi connectivity index (χ2v) is 8.93. The van der Waals surface area contributed by atoms with Gasteiger partial charge in [-0.1, -0.05) is 61.9 Å². The summed E-state index contributed by atoms with van der Waals surface area (Å²) < 4.78 is 8.43. The summed E-state index contributed by atoms with van der Waals surface area (Å²) in [7, 11) is 0. The zero-order chi connectivity index (χ0) is 23.9. The van der Waals surface area contributed by atoms with E-state index < -0.39 is 0 Å². The number of rotatable bonds is 10. The molecule has 34 heavy (non-hydrogen) atoms. The number of hydrogen-bond donors (Lipinski definition) is 1. The molecule has 5 nitrogen and oxygen atoms in total. The van der Waals surface area contributed by atoms with E-state index in [0.29, 0.717) is 24.6 Å². The van der Waals surface area contributed by atoms with E-state index in [9.17, 15) is 4.79 Å². The Hall–Kier alpha value is -3.60. The highest BCUT2D eigenvalue weighted by molar-refractivity contribution is 5.94. The first-order valence-electron chi connectivity index (χ1n) is 12.0. The molecule has 4 rings (SSSR count). The summed E-state index contributed by atoms with van der Waals surface area (Å²) in [6.45, 7) is 8.28. The van der Waals surface area contributed by atoms with Crippen molar-refractivity contribution in [3.05, 3.63) is 95.3 Å². The van der Waals surface area contributed by atoms with Crippen molar-refractivity contribution >= 4 is 16.9 Å². The number of carbonyl (C=O) groups excluding carboxylic acids is 1. The first-order chi connectivity index (χ1) is 16.5. The van der Waals surface area contributed by atoms with Gasteiger partial charge in [-0.2, -0.15) is 0 Å². The highest BCUT2D eigenvalue weighted by Crippen LogP contribution is 2.26. The highest BCUT2D eigenvalue weighted by Gasteiger charge is 2.12. The van der Waals surface area contributed by atoms with Crippen LogP contribution in [-0.2, 0) is 13.0 Å². The standard InChI is InChI=1S/C29H33N3O2/c1-21(2)24-9-4-7-12-27(24)34-20-19-32-26-11-6-5-10-25(26)31-28(32)13-8-18-30-29(33)23-16-14-22(3)15-17-23/h4-7,9-12,14-17,21H,8,13,18-20H2,1-3H3,(H,30,33). The summed E-state index contributed by atoms with van der Waals surface area (Å²) in [5.74, 6) is 2.34. The second kappa shape index (κ2) is 11.0. The Morgan fingerprint density at radius 1 is 1.00 bits per heavy atom. The summed E-state index contributed by atoms with van der Waals surface area (Å²) in [5, 5.41) is 3.02. The van der Waals surface area contributed by atoms with Crippen LogP contribution in [0.5, 0.6) is 5.75 Å². The molecule has 1 N–H and O–H groups in total. The number of benzene rings is 3. The van der Waals surface area contributed by atoms with Crippen molar-refractivity contribution < 1.29 is 9.53 Å². The molecule has 5 heteroatoms. The van der Waals surface area contributed by atoms with Crippen LogP contribution in [0, 0.1) is 6.92 Å². The lowest BCUT2D eigenvalue weighted by Gasteiger charge is -2.15. The molecule has 0 saturated heterocycles. The molecule has 3 aromatic carbocycles. The summed E-state index contributed by atoms with van der Waals surface area (Å²) >= 11 is 0. The van der Waals surface area contributed by atoms with Gasteiger partial charge in [-0.25, -0.2) is 4.98 Å². The average Bonchev–Trinajstić information content (AvgIpc) is 3.19. The molecular formula is C29H33N3O2. The van der Waals surface area contributed by atoms with Crippen molar-refractivity contribution in [3.63, 3.8) is 0 Å². The van der Waals surface area contributed by atoms with Crippen molar-refractivity contribution in [1.82, 2.24) is 14.9 Å². The lowest BCUT2D eigenvalue weighted by atomic mass is 10.0. The third-order valence-corrected chi connectivity index (χ3v) is 6.02. The normalized spacial score (nSPS) is 11.2. The Labute approximate surface area is 201 Å². The van der Waals surface area contributed by atoms with Crippen molar-refractivity contribution in [2.75, 3.05) is 13.2 Å². The summed E-state index contributed by atoms with van der Waals surface area (Å²) in [5.41, 5.74) is 5.16. The molecule has 176 valence electrons. The van der Waals surface area contributed by atoms with Gasteiger partial charge in [-0.15, -0.1) is 0 Å². The first-order valence-corrected chi connectivity index (χ1v) is 12.0. The minimum absolute atomic E-state index is 0.0364. The lowest BCUT2D eigenvalue weighted by Crippen LogP contribution is -2.25. The number of nitrogens with one attached hydrogen (secondary N) is 1. The minimum Gasteiger partial charge on any atom is -0.491 e. The summed E-state index contributed by atoms with van der Waals surface area (Å²) in [6, 6.07) is 24.1. The maximum absolute atomic E-state index is 12.4. The van der Waals surface area contributed by atoms with Crippen LogP contribution in [0.15, 0.2) is 72.8 Å². The molecule has 0 saturated carbocycles. The number of ether oxygens (including phenoxy) is 1. The minimum atomic E-state index is -0.0364. The smallest absolute Gasteiger partial charge is 0.251 e. The van der Waals surface area contributed by atoms with Gasteiger partial charge in [0.05, 0.1) is 17.6 Å². The molecule has 0 unspecified atom stereocenters. The molecule has 0 atom stereocenters. The van der Waals surface area contributed by atoms with Gasteiger partial charge in [-0.3, -0.25) is 4.79 Å². The van der Waals surface area contributed by atoms with Gasteiger partial charge in [-0.05, 0) is 55.2 Å².